The molecule has 3 rings (SSSR count). The van der Waals surface area contributed by atoms with Crippen LogP contribution in [0.2, 0.25) is 0 Å². The molecule has 0 aromatic carbocycles. The van der Waals surface area contributed by atoms with E-state index in [1.165, 1.54) is 30.4 Å². The molecule has 148 valence electrons. The molecule has 0 aliphatic carbocycles. The fourth-order valence-electron chi connectivity index (χ4n) is 2.75. The van der Waals surface area contributed by atoms with Crippen LogP contribution in [-0.4, -0.2) is 41.9 Å². The number of hydrogen-bond donors (Lipinski definition) is 0. The van der Waals surface area contributed by atoms with E-state index in [0.29, 0.717) is 32.0 Å². The Morgan fingerprint density at radius 3 is 2.43 bits per heavy atom. The maximum atomic E-state index is 12.6. The number of carbonyl (C=O) groups excluding carboxylic acids is 1. The largest absolute Gasteiger partial charge is 0.433 e. The van der Waals surface area contributed by atoms with Gasteiger partial charge in [-0.15, -0.1) is 0 Å². The molecule has 0 bridgehead atoms. The van der Waals surface area contributed by atoms with E-state index in [9.17, 15) is 28.1 Å². The van der Waals surface area contributed by atoms with Gasteiger partial charge in [0.1, 0.15) is 30.0 Å². The van der Waals surface area contributed by atoms with Crippen molar-refractivity contribution in [3.8, 4) is 0 Å². The van der Waals surface area contributed by atoms with Crippen molar-refractivity contribution in [2.45, 2.75) is 6.18 Å². The topological polar surface area (TPSA) is 94.0 Å². The molecule has 28 heavy (non-hydrogen) atoms. The van der Waals surface area contributed by atoms with Gasteiger partial charge >= 0.3 is 12.1 Å². The molecule has 1 aliphatic heterocycles. The zero-order chi connectivity index (χ0) is 20.3. The standard InChI is InChI=1S/C17H15F3N4O4/c18-17(19,20)12-1-4-14(21-11-12)22-7-9-23(10-8-22)15(25)5-2-13-3-6-16(28-13)24(26)27/h1-6,11H,7-10H2/p+1/b5-2+. The second-order valence-corrected chi connectivity index (χ2v) is 6.04. The summed E-state index contributed by atoms with van der Waals surface area (Å²) in [6.07, 6.45) is -0.868. The van der Waals surface area contributed by atoms with Crippen molar-refractivity contribution in [3.63, 3.8) is 0 Å². The molecule has 0 unspecified atom stereocenters. The lowest BCUT2D eigenvalue weighted by atomic mass is 10.2. The summed E-state index contributed by atoms with van der Waals surface area (Å²) in [6, 6.07) is 4.96. The van der Waals surface area contributed by atoms with Gasteiger partial charge < -0.3 is 9.32 Å². The molecule has 1 fully saturated rings. The predicted molar refractivity (Wildman–Crippen MR) is 91.2 cm³/mol. The van der Waals surface area contributed by atoms with Crippen LogP contribution >= 0.6 is 0 Å². The first-order valence-corrected chi connectivity index (χ1v) is 8.29. The van der Waals surface area contributed by atoms with Gasteiger partial charge in [0, 0.05) is 12.1 Å². The van der Waals surface area contributed by atoms with E-state index in [2.05, 4.69) is 4.98 Å². The summed E-state index contributed by atoms with van der Waals surface area (Å²) in [5.74, 6) is 0.0418. The van der Waals surface area contributed by atoms with Gasteiger partial charge in [0.25, 0.3) is 5.82 Å². The molecule has 1 saturated heterocycles. The molecule has 11 heteroatoms. The second-order valence-electron chi connectivity index (χ2n) is 6.04. The normalized spacial score (nSPS) is 15.2. The monoisotopic (exact) mass is 397 g/mol. The highest BCUT2D eigenvalue weighted by molar-refractivity contribution is 5.91. The van der Waals surface area contributed by atoms with Gasteiger partial charge in [-0.1, -0.05) is 0 Å². The number of nitrogens with zero attached hydrogens (tertiary/aromatic N) is 3. The number of furan rings is 1. The Kier molecular flexibility index (Phi) is 5.34. The maximum Gasteiger partial charge on any atom is 0.433 e. The van der Waals surface area contributed by atoms with Gasteiger partial charge in [-0.05, 0) is 18.2 Å². The van der Waals surface area contributed by atoms with Crippen molar-refractivity contribution in [3.05, 3.63) is 58.0 Å². The maximum absolute atomic E-state index is 12.6. The molecular weight excluding hydrogens is 381 g/mol. The Hall–Kier alpha value is -3.37. The number of H-pyrrole nitrogens is 1. The number of piperazine rings is 1. The summed E-state index contributed by atoms with van der Waals surface area (Å²) >= 11 is 0. The number of rotatable bonds is 4. The molecule has 1 amide bonds. The lowest BCUT2D eigenvalue weighted by Gasteiger charge is -2.30. The third kappa shape index (κ3) is 4.48. The Bertz CT molecular complexity index is 885. The number of nitrogens with one attached hydrogen (secondary N) is 1. The Morgan fingerprint density at radius 2 is 1.89 bits per heavy atom. The summed E-state index contributed by atoms with van der Waals surface area (Å²) in [5.41, 5.74) is -0.756. The van der Waals surface area contributed by atoms with Crippen molar-refractivity contribution in [2.75, 3.05) is 31.1 Å². The number of aromatic nitrogens is 1. The third-order valence-electron chi connectivity index (χ3n) is 4.24. The highest BCUT2D eigenvalue weighted by atomic mass is 19.4. The molecule has 1 N–H and O–H groups in total. The van der Waals surface area contributed by atoms with E-state index in [4.69, 9.17) is 4.42 Å². The summed E-state index contributed by atoms with van der Waals surface area (Å²) < 4.78 is 42.8. The van der Waals surface area contributed by atoms with Gasteiger partial charge in [-0.2, -0.15) is 13.2 Å². The Balaban J connectivity index is 1.55. The van der Waals surface area contributed by atoms with E-state index in [1.807, 2.05) is 4.90 Å². The summed E-state index contributed by atoms with van der Waals surface area (Å²) in [6.45, 7) is 1.67. The van der Waals surface area contributed by atoms with Gasteiger partial charge in [0.2, 0.25) is 5.91 Å². The average Bonchev–Trinajstić information content (AvgIpc) is 3.15. The van der Waals surface area contributed by atoms with Crippen LogP contribution in [0.3, 0.4) is 0 Å². The van der Waals surface area contributed by atoms with Crippen LogP contribution in [0, 0.1) is 10.1 Å². The minimum absolute atomic E-state index is 0.193. The van der Waals surface area contributed by atoms with Gasteiger partial charge in [-0.3, -0.25) is 19.8 Å². The molecule has 8 nitrogen and oxygen atoms in total. The molecule has 0 radical (unpaired) electrons. The highest BCUT2D eigenvalue weighted by Gasteiger charge is 2.32. The summed E-state index contributed by atoms with van der Waals surface area (Å²) in [7, 11) is 0. The zero-order valence-electron chi connectivity index (χ0n) is 14.5. The molecule has 0 saturated carbocycles. The zero-order valence-corrected chi connectivity index (χ0v) is 14.5. The van der Waals surface area contributed by atoms with Crippen molar-refractivity contribution in [1.82, 2.24) is 4.90 Å². The fourth-order valence-corrected chi connectivity index (χ4v) is 2.75. The average molecular weight is 397 g/mol. The Morgan fingerprint density at radius 1 is 1.18 bits per heavy atom. The van der Waals surface area contributed by atoms with Crippen LogP contribution in [0.15, 0.2) is 41.0 Å². The lowest BCUT2D eigenvalue weighted by Crippen LogP contribution is -2.49. The number of anilines is 1. The number of nitro groups is 1. The number of hydrogen-bond acceptors (Lipinski definition) is 5. The number of alkyl halides is 3. The minimum atomic E-state index is -4.40. The van der Waals surface area contributed by atoms with E-state index in [0.717, 1.165) is 12.3 Å². The van der Waals surface area contributed by atoms with E-state index in [-0.39, 0.29) is 11.7 Å². The van der Waals surface area contributed by atoms with Gasteiger partial charge in [0.15, 0.2) is 0 Å². The predicted octanol–water partition coefficient (Wildman–Crippen LogP) is 2.38. The van der Waals surface area contributed by atoms with Crippen molar-refractivity contribution < 1.29 is 32.3 Å². The van der Waals surface area contributed by atoms with Crippen LogP contribution in [-0.2, 0) is 11.0 Å². The second kappa shape index (κ2) is 7.71. The van der Waals surface area contributed by atoms with Crippen LogP contribution < -0.4 is 9.88 Å². The van der Waals surface area contributed by atoms with E-state index in [1.54, 1.807) is 4.90 Å². The summed E-state index contributed by atoms with van der Waals surface area (Å²) in [4.78, 5) is 28.2. The molecule has 2 aromatic rings. The fraction of sp³-hybridized carbons (Fsp3) is 0.294. The number of pyridine rings is 1. The first-order valence-electron chi connectivity index (χ1n) is 8.29. The number of halogens is 3. The number of amides is 1. The molecular formula is C17H16F3N4O4+. The molecule has 0 atom stereocenters. The SMILES string of the molecule is O=C(/C=C/c1ccc([N+](=O)[O-])o1)N1CCN(c2ccc(C(F)(F)F)c[nH+]2)CC1. The van der Waals surface area contributed by atoms with Crippen LogP contribution in [0.25, 0.3) is 6.08 Å². The van der Waals surface area contributed by atoms with Gasteiger partial charge in [0.05, 0.1) is 24.7 Å². The van der Waals surface area contributed by atoms with Crippen LogP contribution in [0.5, 0.6) is 0 Å². The number of aromatic amines is 1. The van der Waals surface area contributed by atoms with E-state index >= 15 is 0 Å². The molecule has 0 spiro atoms. The van der Waals surface area contributed by atoms with Crippen molar-refractivity contribution >= 4 is 23.7 Å². The number of carbonyl (C=O) groups is 1. The van der Waals surface area contributed by atoms with Crippen LogP contribution in [0.1, 0.15) is 11.3 Å². The van der Waals surface area contributed by atoms with Crippen molar-refractivity contribution in [2.24, 2.45) is 0 Å². The minimum Gasteiger partial charge on any atom is -0.401 e. The smallest absolute Gasteiger partial charge is 0.401 e. The lowest BCUT2D eigenvalue weighted by molar-refractivity contribution is -0.402. The quantitative estimate of drug-likeness (QED) is 0.449. The first kappa shape index (κ1) is 19.4. The van der Waals surface area contributed by atoms with Crippen molar-refractivity contribution in [1.29, 1.82) is 0 Å². The molecule has 3 heterocycles. The molecule has 2 aromatic heterocycles. The molecule has 1 aliphatic rings. The van der Waals surface area contributed by atoms with E-state index < -0.39 is 22.5 Å². The van der Waals surface area contributed by atoms with Crippen LogP contribution in [0.4, 0.5) is 24.9 Å². The highest BCUT2D eigenvalue weighted by Crippen LogP contribution is 2.28. The summed E-state index contributed by atoms with van der Waals surface area (Å²) in [5, 5.41) is 10.6. The van der Waals surface area contributed by atoms with Gasteiger partial charge in [-0.25, -0.2) is 4.98 Å². The Labute approximate surface area is 157 Å². The first-order chi connectivity index (χ1) is 13.2. The third-order valence-corrected chi connectivity index (χ3v) is 4.24.